The molecule has 50 heavy (non-hydrogen) atoms. The van der Waals surface area contributed by atoms with Crippen molar-refractivity contribution >= 4 is 43.9 Å². The summed E-state index contributed by atoms with van der Waals surface area (Å²) in [5.41, 5.74) is 10.4. The van der Waals surface area contributed by atoms with Crippen LogP contribution in [0, 0.1) is 0 Å². The quantitative estimate of drug-likeness (QED) is 0.187. The summed E-state index contributed by atoms with van der Waals surface area (Å²) in [6.07, 6.45) is 0. The molecule has 0 aliphatic rings. The third kappa shape index (κ3) is 4.67. The SMILES string of the molecule is c1ccc(-c2ccc3c(c2)oc2c(-c4cccc5oc6cc(-c7nc(-c8ccccc8)nc(-c8ccccc8)n7)ccc6c45)cccc23)cc1. The number of rotatable bonds is 5. The van der Waals surface area contributed by atoms with Crippen molar-refractivity contribution in [3.05, 3.63) is 164 Å². The number of hydrogen-bond donors (Lipinski definition) is 0. The van der Waals surface area contributed by atoms with E-state index in [-0.39, 0.29) is 0 Å². The monoisotopic (exact) mass is 641 g/mol. The van der Waals surface area contributed by atoms with E-state index in [9.17, 15) is 0 Å². The number of aromatic nitrogens is 3. The lowest BCUT2D eigenvalue weighted by Crippen LogP contribution is -2.00. The third-order valence-electron chi connectivity index (χ3n) is 9.35. The van der Waals surface area contributed by atoms with Crippen molar-refractivity contribution in [2.45, 2.75) is 0 Å². The van der Waals surface area contributed by atoms with E-state index in [1.807, 2.05) is 84.9 Å². The maximum atomic E-state index is 6.66. The van der Waals surface area contributed by atoms with Crippen LogP contribution < -0.4 is 0 Å². The highest BCUT2D eigenvalue weighted by atomic mass is 16.3. The molecule has 7 aromatic carbocycles. The molecule has 3 aromatic heterocycles. The summed E-state index contributed by atoms with van der Waals surface area (Å²) in [6.45, 7) is 0. The first-order valence-corrected chi connectivity index (χ1v) is 16.6. The van der Waals surface area contributed by atoms with Gasteiger partial charge in [-0.25, -0.2) is 15.0 Å². The molecule has 5 heteroatoms. The Morgan fingerprint density at radius 1 is 0.320 bits per heavy atom. The van der Waals surface area contributed by atoms with Crippen LogP contribution in [0.25, 0.3) is 100 Å². The molecule has 3 heterocycles. The van der Waals surface area contributed by atoms with Crippen molar-refractivity contribution in [3.8, 4) is 56.4 Å². The molecule has 0 N–H and O–H groups in total. The Morgan fingerprint density at radius 3 is 1.56 bits per heavy atom. The molecular weight excluding hydrogens is 615 g/mol. The Labute approximate surface area is 287 Å². The lowest BCUT2D eigenvalue weighted by Gasteiger charge is -2.08. The van der Waals surface area contributed by atoms with Gasteiger partial charge in [0.2, 0.25) is 0 Å². The summed E-state index contributed by atoms with van der Waals surface area (Å²) >= 11 is 0. The highest BCUT2D eigenvalue weighted by molar-refractivity contribution is 6.17. The van der Waals surface area contributed by atoms with E-state index in [4.69, 9.17) is 23.8 Å². The molecule has 0 aliphatic heterocycles. The highest BCUT2D eigenvalue weighted by Crippen LogP contribution is 2.43. The van der Waals surface area contributed by atoms with Crippen LogP contribution in [0.1, 0.15) is 0 Å². The topological polar surface area (TPSA) is 65.0 Å². The van der Waals surface area contributed by atoms with Gasteiger partial charge >= 0.3 is 0 Å². The molecule has 0 saturated heterocycles. The van der Waals surface area contributed by atoms with Crippen molar-refractivity contribution in [3.63, 3.8) is 0 Å². The average molecular weight is 642 g/mol. The van der Waals surface area contributed by atoms with Gasteiger partial charge in [0.05, 0.1) is 0 Å². The van der Waals surface area contributed by atoms with E-state index < -0.39 is 0 Å². The minimum absolute atomic E-state index is 0.585. The fraction of sp³-hybridized carbons (Fsp3) is 0. The number of furan rings is 2. The minimum atomic E-state index is 0.585. The largest absolute Gasteiger partial charge is 0.456 e. The second kappa shape index (κ2) is 11.4. The van der Waals surface area contributed by atoms with E-state index in [0.717, 1.165) is 82.8 Å². The van der Waals surface area contributed by atoms with E-state index in [0.29, 0.717) is 17.5 Å². The molecule has 10 aromatic rings. The Morgan fingerprint density at radius 2 is 0.860 bits per heavy atom. The maximum absolute atomic E-state index is 6.66. The fourth-order valence-corrected chi connectivity index (χ4v) is 6.95. The zero-order valence-corrected chi connectivity index (χ0v) is 26.7. The van der Waals surface area contributed by atoms with Gasteiger partial charge < -0.3 is 8.83 Å². The molecule has 0 saturated carbocycles. The van der Waals surface area contributed by atoms with Gasteiger partial charge in [-0.05, 0) is 47.0 Å². The van der Waals surface area contributed by atoms with E-state index >= 15 is 0 Å². The molecule has 234 valence electrons. The van der Waals surface area contributed by atoms with Gasteiger partial charge in [0, 0.05) is 43.8 Å². The van der Waals surface area contributed by atoms with Crippen molar-refractivity contribution < 1.29 is 8.83 Å². The van der Waals surface area contributed by atoms with Gasteiger partial charge in [0.1, 0.15) is 22.3 Å². The average Bonchev–Trinajstić information content (AvgIpc) is 3.76. The smallest absolute Gasteiger partial charge is 0.164 e. The zero-order valence-electron chi connectivity index (χ0n) is 26.7. The number of fused-ring (bicyclic) bond motifs is 6. The second-order valence-corrected chi connectivity index (χ2v) is 12.4. The van der Waals surface area contributed by atoms with Gasteiger partial charge in [0.25, 0.3) is 0 Å². The highest BCUT2D eigenvalue weighted by Gasteiger charge is 2.19. The molecule has 0 aliphatic carbocycles. The van der Waals surface area contributed by atoms with Crippen LogP contribution in [0.4, 0.5) is 0 Å². The predicted octanol–water partition coefficient (Wildman–Crippen LogP) is 12.0. The summed E-state index contributed by atoms with van der Waals surface area (Å²) < 4.78 is 13.2. The van der Waals surface area contributed by atoms with Crippen LogP contribution in [0.3, 0.4) is 0 Å². The van der Waals surface area contributed by atoms with E-state index in [1.165, 1.54) is 0 Å². The lowest BCUT2D eigenvalue weighted by atomic mass is 9.97. The van der Waals surface area contributed by atoms with Crippen molar-refractivity contribution in [1.82, 2.24) is 15.0 Å². The first-order valence-electron chi connectivity index (χ1n) is 16.6. The Bertz CT molecular complexity index is 2800. The molecule has 0 spiro atoms. The number of hydrogen-bond acceptors (Lipinski definition) is 5. The summed E-state index contributed by atoms with van der Waals surface area (Å²) in [4.78, 5) is 14.7. The van der Waals surface area contributed by atoms with Crippen LogP contribution in [-0.4, -0.2) is 15.0 Å². The van der Waals surface area contributed by atoms with Gasteiger partial charge in [-0.2, -0.15) is 0 Å². The molecule has 0 bridgehead atoms. The first-order chi connectivity index (χ1) is 24.8. The van der Waals surface area contributed by atoms with Crippen LogP contribution in [0.2, 0.25) is 0 Å². The molecule has 0 unspecified atom stereocenters. The van der Waals surface area contributed by atoms with Crippen molar-refractivity contribution in [1.29, 1.82) is 0 Å². The van der Waals surface area contributed by atoms with Crippen molar-refractivity contribution in [2.75, 3.05) is 0 Å². The van der Waals surface area contributed by atoms with E-state index in [2.05, 4.69) is 78.9 Å². The van der Waals surface area contributed by atoms with E-state index in [1.54, 1.807) is 0 Å². The Kier molecular flexibility index (Phi) is 6.42. The molecule has 0 atom stereocenters. The molecular formula is C45H27N3O2. The van der Waals surface area contributed by atoms with Crippen LogP contribution in [0.5, 0.6) is 0 Å². The van der Waals surface area contributed by atoms with Crippen LogP contribution in [0.15, 0.2) is 173 Å². The number of para-hydroxylation sites is 1. The van der Waals surface area contributed by atoms with Gasteiger partial charge in [0.15, 0.2) is 17.5 Å². The Balaban J connectivity index is 1.12. The van der Waals surface area contributed by atoms with Gasteiger partial charge in [-0.15, -0.1) is 0 Å². The molecule has 10 rings (SSSR count). The lowest BCUT2D eigenvalue weighted by molar-refractivity contribution is 0.669. The number of benzene rings is 7. The second-order valence-electron chi connectivity index (χ2n) is 12.4. The molecule has 0 radical (unpaired) electrons. The van der Waals surface area contributed by atoms with Crippen LogP contribution in [-0.2, 0) is 0 Å². The first kappa shape index (κ1) is 28.2. The summed E-state index contributed by atoms with van der Waals surface area (Å²) in [5.74, 6) is 1.83. The fourth-order valence-electron chi connectivity index (χ4n) is 6.95. The predicted molar refractivity (Wildman–Crippen MR) is 202 cm³/mol. The van der Waals surface area contributed by atoms with Gasteiger partial charge in [-0.1, -0.05) is 133 Å². The summed E-state index contributed by atoms with van der Waals surface area (Å²) in [5, 5.41) is 4.23. The summed E-state index contributed by atoms with van der Waals surface area (Å²) in [7, 11) is 0. The molecule has 0 amide bonds. The molecule has 0 fully saturated rings. The third-order valence-corrected chi connectivity index (χ3v) is 9.35. The molecule has 5 nitrogen and oxygen atoms in total. The summed E-state index contributed by atoms with van der Waals surface area (Å²) in [6, 6.07) is 55.7. The standard InChI is InChI=1S/C45H27N3O2/c1-4-12-28(13-5-1)31-22-24-33-35-19-10-20-36(42(35)50-39(33)26-31)34-18-11-21-38-41(34)37-25-23-32(27-40(37)49-38)45-47-43(29-14-6-2-7-15-29)46-44(48-45)30-16-8-3-9-17-30/h1-27H. The zero-order chi connectivity index (χ0) is 33.0. The number of nitrogens with zero attached hydrogens (tertiary/aromatic N) is 3. The maximum Gasteiger partial charge on any atom is 0.164 e. The normalized spacial score (nSPS) is 11.6. The van der Waals surface area contributed by atoms with Crippen molar-refractivity contribution in [2.24, 2.45) is 0 Å². The minimum Gasteiger partial charge on any atom is -0.456 e. The Hall–Kier alpha value is -6.85. The van der Waals surface area contributed by atoms with Crippen LogP contribution >= 0.6 is 0 Å². The van der Waals surface area contributed by atoms with Gasteiger partial charge in [-0.3, -0.25) is 0 Å².